The van der Waals surface area contributed by atoms with E-state index in [1.54, 1.807) is 25.4 Å². The number of aromatic nitrogens is 5. The summed E-state index contributed by atoms with van der Waals surface area (Å²) in [5, 5.41) is 18.7. The van der Waals surface area contributed by atoms with Crippen LogP contribution in [0.4, 0.5) is 10.5 Å². The molecule has 0 spiro atoms. The van der Waals surface area contributed by atoms with E-state index in [0.29, 0.717) is 11.8 Å². The van der Waals surface area contributed by atoms with Gasteiger partial charge < -0.3 is 10.6 Å². The number of carbonyl (C=O) groups is 1. The SMILES string of the molecule is CC(NC(=O)Nc1cc(Cl)c(C#N)cc1Cl)c1ncnn1-c1ncccn1. The molecule has 0 radical (unpaired) electrons. The summed E-state index contributed by atoms with van der Waals surface area (Å²) in [6.45, 7) is 1.73. The van der Waals surface area contributed by atoms with E-state index >= 15 is 0 Å². The quantitative estimate of drug-likeness (QED) is 0.690. The van der Waals surface area contributed by atoms with Crippen molar-refractivity contribution in [2.45, 2.75) is 13.0 Å². The predicted molar refractivity (Wildman–Crippen MR) is 98.7 cm³/mol. The minimum Gasteiger partial charge on any atom is -0.328 e. The van der Waals surface area contributed by atoms with Crippen LogP contribution in [0.15, 0.2) is 36.9 Å². The number of nitrogens with one attached hydrogen (secondary N) is 2. The molecule has 0 fully saturated rings. The minimum absolute atomic E-state index is 0.186. The van der Waals surface area contributed by atoms with Crippen molar-refractivity contribution in [3.63, 3.8) is 0 Å². The second-order valence-corrected chi connectivity index (χ2v) is 6.14. The Kier molecular flexibility index (Phi) is 5.49. The maximum absolute atomic E-state index is 12.3. The maximum atomic E-state index is 12.3. The van der Waals surface area contributed by atoms with Gasteiger partial charge in [-0.25, -0.2) is 19.7 Å². The van der Waals surface area contributed by atoms with Crippen LogP contribution in [-0.2, 0) is 0 Å². The third kappa shape index (κ3) is 4.13. The zero-order chi connectivity index (χ0) is 19.4. The Hall–Kier alpha value is -3.22. The molecule has 1 atom stereocenters. The lowest BCUT2D eigenvalue weighted by Crippen LogP contribution is -2.32. The molecule has 0 saturated heterocycles. The Balaban J connectivity index is 1.74. The second kappa shape index (κ2) is 7.99. The Labute approximate surface area is 164 Å². The molecule has 3 rings (SSSR count). The molecule has 0 aliphatic carbocycles. The van der Waals surface area contributed by atoms with Gasteiger partial charge in [-0.15, -0.1) is 0 Å². The van der Waals surface area contributed by atoms with Crippen LogP contribution >= 0.6 is 23.2 Å². The molecule has 136 valence electrons. The molecule has 2 N–H and O–H groups in total. The smallest absolute Gasteiger partial charge is 0.319 e. The molecule has 0 saturated carbocycles. The average Bonchev–Trinajstić information content (AvgIpc) is 3.15. The van der Waals surface area contributed by atoms with Gasteiger partial charge in [0.2, 0.25) is 0 Å². The summed E-state index contributed by atoms with van der Waals surface area (Å²) < 4.78 is 1.43. The normalized spacial score (nSPS) is 11.5. The fourth-order valence-corrected chi connectivity index (χ4v) is 2.67. The zero-order valence-corrected chi connectivity index (χ0v) is 15.4. The molecule has 0 aliphatic heterocycles. The van der Waals surface area contributed by atoms with Gasteiger partial charge in [0.1, 0.15) is 12.4 Å². The fourth-order valence-electron chi connectivity index (χ4n) is 2.25. The average molecular weight is 403 g/mol. The number of benzene rings is 1. The Morgan fingerprint density at radius 2 is 1.96 bits per heavy atom. The lowest BCUT2D eigenvalue weighted by Gasteiger charge is -2.15. The number of nitrogens with zero attached hydrogens (tertiary/aromatic N) is 6. The number of hydrogen-bond donors (Lipinski definition) is 2. The van der Waals surface area contributed by atoms with E-state index < -0.39 is 12.1 Å². The van der Waals surface area contributed by atoms with Crippen molar-refractivity contribution in [1.29, 1.82) is 5.26 Å². The monoisotopic (exact) mass is 402 g/mol. The van der Waals surface area contributed by atoms with E-state index in [2.05, 4.69) is 30.7 Å². The van der Waals surface area contributed by atoms with Gasteiger partial charge >= 0.3 is 6.03 Å². The summed E-state index contributed by atoms with van der Waals surface area (Å²) in [6, 6.07) is 5.34. The highest BCUT2D eigenvalue weighted by Crippen LogP contribution is 2.29. The summed E-state index contributed by atoms with van der Waals surface area (Å²) >= 11 is 12.0. The van der Waals surface area contributed by atoms with Crippen molar-refractivity contribution in [2.24, 2.45) is 0 Å². The van der Waals surface area contributed by atoms with Gasteiger partial charge in [0.05, 0.1) is 27.3 Å². The first kappa shape index (κ1) is 18.6. The molecule has 1 unspecified atom stereocenters. The standard InChI is InChI=1S/C16H12Cl2N8O/c1-9(14-22-8-23-26(14)15-20-3-2-4-21-15)24-16(27)25-13-6-11(17)10(7-19)5-12(13)18/h2-6,8-9H,1H3,(H2,24,25,27). The van der Waals surface area contributed by atoms with Crippen molar-refractivity contribution in [2.75, 3.05) is 5.32 Å². The van der Waals surface area contributed by atoms with E-state index in [-0.39, 0.29) is 21.3 Å². The van der Waals surface area contributed by atoms with E-state index in [9.17, 15) is 4.79 Å². The molecule has 9 nitrogen and oxygen atoms in total. The molecule has 0 aliphatic rings. The van der Waals surface area contributed by atoms with Crippen LogP contribution in [0.1, 0.15) is 24.4 Å². The number of carbonyl (C=O) groups excluding carboxylic acids is 1. The first-order chi connectivity index (χ1) is 13.0. The minimum atomic E-state index is -0.534. The van der Waals surface area contributed by atoms with Crippen molar-refractivity contribution >= 4 is 34.9 Å². The second-order valence-electron chi connectivity index (χ2n) is 5.32. The zero-order valence-electron chi connectivity index (χ0n) is 13.9. The molecule has 0 bridgehead atoms. The lowest BCUT2D eigenvalue weighted by molar-refractivity contribution is 0.248. The number of rotatable bonds is 4. The molecule has 2 amide bonds. The molecule has 11 heteroatoms. The van der Waals surface area contributed by atoms with E-state index in [0.717, 1.165) is 0 Å². The van der Waals surface area contributed by atoms with Crippen molar-refractivity contribution < 1.29 is 4.79 Å². The molecule has 27 heavy (non-hydrogen) atoms. The maximum Gasteiger partial charge on any atom is 0.319 e. The Morgan fingerprint density at radius 1 is 1.22 bits per heavy atom. The van der Waals surface area contributed by atoms with Gasteiger partial charge in [-0.2, -0.15) is 15.0 Å². The van der Waals surface area contributed by atoms with Crippen molar-refractivity contribution in [1.82, 2.24) is 30.0 Å². The van der Waals surface area contributed by atoms with Gasteiger partial charge in [0, 0.05) is 12.4 Å². The molecule has 2 heterocycles. The summed E-state index contributed by atoms with van der Waals surface area (Å²) in [5.41, 5.74) is 0.496. The van der Waals surface area contributed by atoms with Crippen LogP contribution in [0.3, 0.4) is 0 Å². The lowest BCUT2D eigenvalue weighted by atomic mass is 10.2. The fraction of sp³-hybridized carbons (Fsp3) is 0.125. The summed E-state index contributed by atoms with van der Waals surface area (Å²) in [5.74, 6) is 0.779. The number of nitriles is 1. The number of urea groups is 1. The number of halogens is 2. The van der Waals surface area contributed by atoms with Crippen LogP contribution in [0, 0.1) is 11.3 Å². The third-order valence-corrected chi connectivity index (χ3v) is 4.10. The number of amides is 2. The van der Waals surface area contributed by atoms with E-state index in [1.165, 1.54) is 23.1 Å². The first-order valence-corrected chi connectivity index (χ1v) is 8.39. The largest absolute Gasteiger partial charge is 0.328 e. The van der Waals surface area contributed by atoms with Crippen LogP contribution in [-0.4, -0.2) is 30.8 Å². The summed E-state index contributed by atoms with van der Waals surface area (Å²) in [7, 11) is 0. The molecular formula is C16H12Cl2N8O. The number of anilines is 1. The van der Waals surface area contributed by atoms with Gasteiger partial charge in [-0.1, -0.05) is 23.2 Å². The highest BCUT2D eigenvalue weighted by molar-refractivity contribution is 6.36. The highest BCUT2D eigenvalue weighted by Gasteiger charge is 2.18. The topological polar surface area (TPSA) is 121 Å². The van der Waals surface area contributed by atoms with Crippen LogP contribution < -0.4 is 10.6 Å². The van der Waals surface area contributed by atoms with Gasteiger partial charge in [0.15, 0.2) is 5.82 Å². The van der Waals surface area contributed by atoms with Crippen LogP contribution in [0.25, 0.3) is 5.95 Å². The van der Waals surface area contributed by atoms with Gasteiger partial charge in [-0.05, 0) is 25.1 Å². The third-order valence-electron chi connectivity index (χ3n) is 3.48. The van der Waals surface area contributed by atoms with Gasteiger partial charge in [-0.3, -0.25) is 0 Å². The molecule has 2 aromatic heterocycles. The van der Waals surface area contributed by atoms with Crippen molar-refractivity contribution in [3.05, 3.63) is 58.4 Å². The molecule has 3 aromatic rings. The number of hydrogen-bond acceptors (Lipinski definition) is 6. The predicted octanol–water partition coefficient (Wildman–Crippen LogP) is 3.12. The highest BCUT2D eigenvalue weighted by atomic mass is 35.5. The van der Waals surface area contributed by atoms with Gasteiger partial charge in [0.25, 0.3) is 5.95 Å². The Morgan fingerprint density at radius 3 is 2.67 bits per heavy atom. The molecular weight excluding hydrogens is 391 g/mol. The molecule has 1 aromatic carbocycles. The van der Waals surface area contributed by atoms with Crippen LogP contribution in [0.2, 0.25) is 10.0 Å². The van der Waals surface area contributed by atoms with E-state index in [4.69, 9.17) is 28.5 Å². The van der Waals surface area contributed by atoms with Crippen LogP contribution in [0.5, 0.6) is 0 Å². The van der Waals surface area contributed by atoms with E-state index in [1.807, 2.05) is 6.07 Å². The van der Waals surface area contributed by atoms with Crippen molar-refractivity contribution in [3.8, 4) is 12.0 Å². The first-order valence-electron chi connectivity index (χ1n) is 7.63. The Bertz CT molecular complexity index is 1020. The summed E-state index contributed by atoms with van der Waals surface area (Å²) in [4.78, 5) is 24.7. The summed E-state index contributed by atoms with van der Waals surface area (Å²) in [6.07, 6.45) is 4.50.